The molecule has 1 fully saturated rings. The van der Waals surface area contributed by atoms with E-state index in [4.69, 9.17) is 4.74 Å². The van der Waals surface area contributed by atoms with E-state index in [0.717, 1.165) is 6.54 Å². The number of ether oxygens (including phenoxy) is 1. The minimum Gasteiger partial charge on any atom is -0.365 e. The molecule has 1 aliphatic carbocycles. The molecule has 4 nitrogen and oxygen atoms in total. The van der Waals surface area contributed by atoms with Gasteiger partial charge >= 0.3 is 0 Å². The van der Waals surface area contributed by atoms with Gasteiger partial charge in [0.2, 0.25) is 0 Å². The van der Waals surface area contributed by atoms with Crippen LogP contribution in [-0.4, -0.2) is 36.4 Å². The second-order valence-electron chi connectivity index (χ2n) is 5.68. The van der Waals surface area contributed by atoms with Crippen molar-refractivity contribution in [1.29, 1.82) is 0 Å². The molecule has 5 heteroatoms. The van der Waals surface area contributed by atoms with E-state index in [9.17, 15) is 9.59 Å². The van der Waals surface area contributed by atoms with E-state index in [1.54, 1.807) is 24.3 Å². The van der Waals surface area contributed by atoms with E-state index < -0.39 is 5.60 Å². The summed E-state index contributed by atoms with van der Waals surface area (Å²) in [5.41, 5.74) is 0.664. The van der Waals surface area contributed by atoms with Crippen molar-refractivity contribution >= 4 is 34.2 Å². The third-order valence-corrected chi connectivity index (χ3v) is 4.98. The van der Waals surface area contributed by atoms with Crippen LogP contribution < -0.4 is 5.32 Å². The quantitative estimate of drug-likeness (QED) is 0.741. The molecule has 3 rings (SSSR count). The third-order valence-electron chi connectivity index (χ3n) is 3.95. The standard InChI is InChI=1S/C16H16INO3/c1-9-7-18-8-16(2,21-9)12-13(17)15(20)11-6-4-3-5-10(11)14(12)19/h3-6,9,18H,7-8H2,1-2H3. The maximum absolute atomic E-state index is 12.9. The van der Waals surface area contributed by atoms with Crippen molar-refractivity contribution in [3.8, 4) is 0 Å². The fourth-order valence-electron chi connectivity index (χ4n) is 3.01. The first-order valence-electron chi connectivity index (χ1n) is 6.91. The highest BCUT2D eigenvalue weighted by Crippen LogP contribution is 2.38. The molecule has 0 saturated carbocycles. The lowest BCUT2D eigenvalue weighted by Crippen LogP contribution is -2.54. The number of fused-ring (bicyclic) bond motifs is 1. The van der Waals surface area contributed by atoms with Crippen molar-refractivity contribution < 1.29 is 14.3 Å². The first-order valence-corrected chi connectivity index (χ1v) is 7.99. The Morgan fingerprint density at radius 2 is 1.86 bits per heavy atom. The number of ketones is 2. The number of benzene rings is 1. The van der Waals surface area contributed by atoms with E-state index in [2.05, 4.69) is 5.32 Å². The van der Waals surface area contributed by atoms with E-state index in [1.165, 1.54) is 0 Å². The highest BCUT2D eigenvalue weighted by atomic mass is 127. The van der Waals surface area contributed by atoms with Crippen molar-refractivity contribution in [2.75, 3.05) is 13.1 Å². The number of hydrogen-bond donors (Lipinski definition) is 1. The molecule has 0 amide bonds. The normalized spacial score (nSPS) is 29.6. The third kappa shape index (κ3) is 2.37. The van der Waals surface area contributed by atoms with E-state index in [1.807, 2.05) is 36.4 Å². The fraction of sp³-hybridized carbons (Fsp3) is 0.375. The van der Waals surface area contributed by atoms with E-state index in [0.29, 0.717) is 26.8 Å². The summed E-state index contributed by atoms with van der Waals surface area (Å²) in [6.45, 7) is 5.11. The number of morpholine rings is 1. The molecular formula is C16H16INO3. The average molecular weight is 397 g/mol. The molecule has 2 unspecified atom stereocenters. The monoisotopic (exact) mass is 397 g/mol. The van der Waals surface area contributed by atoms with Crippen LogP contribution in [-0.2, 0) is 4.74 Å². The van der Waals surface area contributed by atoms with Crippen molar-refractivity contribution in [2.24, 2.45) is 0 Å². The molecule has 0 radical (unpaired) electrons. The van der Waals surface area contributed by atoms with E-state index in [-0.39, 0.29) is 17.7 Å². The summed E-state index contributed by atoms with van der Waals surface area (Å²) < 4.78 is 6.49. The van der Waals surface area contributed by atoms with Gasteiger partial charge in [-0.2, -0.15) is 0 Å². The molecule has 110 valence electrons. The van der Waals surface area contributed by atoms with Gasteiger partial charge in [-0.3, -0.25) is 9.59 Å². The maximum Gasteiger partial charge on any atom is 0.200 e. The summed E-state index contributed by atoms with van der Waals surface area (Å²) in [5, 5.41) is 3.28. The van der Waals surface area contributed by atoms with Crippen LogP contribution in [0.1, 0.15) is 34.6 Å². The second kappa shape index (κ2) is 5.30. The number of hydrogen-bond acceptors (Lipinski definition) is 4. The highest BCUT2D eigenvalue weighted by Gasteiger charge is 2.44. The lowest BCUT2D eigenvalue weighted by atomic mass is 9.81. The van der Waals surface area contributed by atoms with Gasteiger partial charge in [-0.05, 0) is 36.4 Å². The molecule has 2 atom stereocenters. The highest BCUT2D eigenvalue weighted by molar-refractivity contribution is 14.1. The Morgan fingerprint density at radius 1 is 1.24 bits per heavy atom. The molecule has 1 aromatic rings. The Balaban J connectivity index is 2.12. The van der Waals surface area contributed by atoms with Gasteiger partial charge in [-0.1, -0.05) is 24.3 Å². The zero-order chi connectivity index (χ0) is 15.2. The van der Waals surface area contributed by atoms with Gasteiger partial charge in [0.25, 0.3) is 0 Å². The van der Waals surface area contributed by atoms with Crippen LogP contribution in [0, 0.1) is 0 Å². The maximum atomic E-state index is 12.9. The topological polar surface area (TPSA) is 55.4 Å². The molecule has 0 bridgehead atoms. The summed E-state index contributed by atoms with van der Waals surface area (Å²) in [6.07, 6.45) is 0.000484. The van der Waals surface area contributed by atoms with Crippen LogP contribution in [0.4, 0.5) is 0 Å². The Kier molecular flexibility index (Phi) is 3.75. The van der Waals surface area contributed by atoms with Crippen LogP contribution in [0.3, 0.4) is 0 Å². The molecule has 1 saturated heterocycles. The molecule has 1 heterocycles. The van der Waals surface area contributed by atoms with Crippen molar-refractivity contribution in [1.82, 2.24) is 5.32 Å². The summed E-state index contributed by atoms with van der Waals surface area (Å²) in [5.74, 6) is -0.197. The molecule has 0 spiro atoms. The zero-order valence-electron chi connectivity index (χ0n) is 11.9. The van der Waals surface area contributed by atoms with Gasteiger partial charge in [0, 0.05) is 24.2 Å². The number of rotatable bonds is 1. The average Bonchev–Trinajstić information content (AvgIpc) is 2.44. The predicted molar refractivity (Wildman–Crippen MR) is 88.0 cm³/mol. The van der Waals surface area contributed by atoms with Gasteiger partial charge in [0.1, 0.15) is 5.60 Å². The van der Waals surface area contributed by atoms with Crippen molar-refractivity contribution in [2.45, 2.75) is 25.6 Å². The second-order valence-corrected chi connectivity index (χ2v) is 6.76. The summed E-state index contributed by atoms with van der Waals surface area (Å²) in [7, 11) is 0. The molecule has 1 N–H and O–H groups in total. The van der Waals surface area contributed by atoms with Gasteiger partial charge < -0.3 is 10.1 Å². The summed E-state index contributed by atoms with van der Waals surface area (Å²) in [4.78, 5) is 25.4. The minimum absolute atomic E-state index is 0.000484. The molecule has 2 aliphatic rings. The lowest BCUT2D eigenvalue weighted by Gasteiger charge is -2.40. The Labute approximate surface area is 137 Å². The van der Waals surface area contributed by atoms with Crippen LogP contribution >= 0.6 is 22.6 Å². The number of allylic oxidation sites excluding steroid dienone is 1. The minimum atomic E-state index is -0.769. The zero-order valence-corrected chi connectivity index (χ0v) is 14.1. The SMILES string of the molecule is CC1CNCC(C)(C2=C(I)C(=O)c3ccccc3C2=O)O1. The Hall–Kier alpha value is -1.05. The largest absolute Gasteiger partial charge is 0.365 e. The van der Waals surface area contributed by atoms with Gasteiger partial charge in [0.15, 0.2) is 11.6 Å². The molecule has 1 aliphatic heterocycles. The van der Waals surface area contributed by atoms with Crippen LogP contribution in [0.2, 0.25) is 0 Å². The first-order chi connectivity index (χ1) is 9.94. The first kappa shape index (κ1) is 14.9. The number of carbonyl (C=O) groups excluding carboxylic acids is 2. The molecule has 1 aromatic carbocycles. The van der Waals surface area contributed by atoms with E-state index >= 15 is 0 Å². The smallest absolute Gasteiger partial charge is 0.200 e. The van der Waals surface area contributed by atoms with Gasteiger partial charge in [0.05, 0.1) is 15.3 Å². The van der Waals surface area contributed by atoms with Gasteiger partial charge in [-0.15, -0.1) is 0 Å². The predicted octanol–water partition coefficient (Wildman–Crippen LogP) is 2.52. The van der Waals surface area contributed by atoms with Crippen molar-refractivity contribution in [3.63, 3.8) is 0 Å². The van der Waals surface area contributed by atoms with Crippen LogP contribution in [0.5, 0.6) is 0 Å². The van der Waals surface area contributed by atoms with Crippen LogP contribution in [0.25, 0.3) is 0 Å². The summed E-state index contributed by atoms with van der Waals surface area (Å²) >= 11 is 1.98. The number of Topliss-reactive ketones (excluding diaryl/α,β-unsaturated/α-hetero) is 2. The van der Waals surface area contributed by atoms with Crippen LogP contribution in [0.15, 0.2) is 33.4 Å². The van der Waals surface area contributed by atoms with Gasteiger partial charge in [-0.25, -0.2) is 0 Å². The lowest BCUT2D eigenvalue weighted by molar-refractivity contribution is -0.0726. The Morgan fingerprint density at radius 3 is 2.48 bits per heavy atom. The number of halogens is 1. The molecule has 0 aromatic heterocycles. The molecular weight excluding hydrogens is 381 g/mol. The number of carbonyl (C=O) groups is 2. The molecule has 21 heavy (non-hydrogen) atoms. The fourth-order valence-corrected chi connectivity index (χ4v) is 4.11. The summed E-state index contributed by atoms with van der Waals surface area (Å²) in [6, 6.07) is 6.98. The Bertz CT molecular complexity index is 667. The number of nitrogens with one attached hydrogen (secondary N) is 1. The van der Waals surface area contributed by atoms with Crippen molar-refractivity contribution in [3.05, 3.63) is 44.5 Å².